The molecule has 0 aliphatic carbocycles. The largest absolute Gasteiger partial charge is 0.370 e. The molecule has 122 valence electrons. The van der Waals surface area contributed by atoms with Gasteiger partial charge in [0.25, 0.3) is 5.91 Å². The van der Waals surface area contributed by atoms with Crippen LogP contribution in [0.25, 0.3) is 0 Å². The lowest BCUT2D eigenvalue weighted by atomic mass is 10.2. The summed E-state index contributed by atoms with van der Waals surface area (Å²) in [7, 11) is 0. The van der Waals surface area contributed by atoms with Gasteiger partial charge in [-0.15, -0.1) is 0 Å². The van der Waals surface area contributed by atoms with Gasteiger partial charge in [0.05, 0.1) is 11.9 Å². The topological polar surface area (TPSA) is 45.2 Å². The number of nitrogens with one attached hydrogen (secondary N) is 1. The molecule has 1 N–H and O–H groups in total. The van der Waals surface area contributed by atoms with Crippen LogP contribution in [0.3, 0.4) is 0 Å². The lowest BCUT2D eigenvalue weighted by Gasteiger charge is -2.23. The first-order chi connectivity index (χ1) is 11.1. The lowest BCUT2D eigenvalue weighted by Crippen LogP contribution is -2.25. The fourth-order valence-electron chi connectivity index (χ4n) is 2.35. The number of anilines is 2. The summed E-state index contributed by atoms with van der Waals surface area (Å²) in [6, 6.07) is 11.2. The molecule has 0 radical (unpaired) electrons. The monoisotopic (exact) mass is 375 g/mol. The number of nitrogens with zero attached hydrogens (tertiary/aromatic N) is 2. The van der Waals surface area contributed by atoms with E-state index in [1.807, 2.05) is 30.3 Å². The van der Waals surface area contributed by atoms with Gasteiger partial charge >= 0.3 is 0 Å². The summed E-state index contributed by atoms with van der Waals surface area (Å²) in [5.41, 5.74) is 2.24. The van der Waals surface area contributed by atoms with Crippen LogP contribution in [0.15, 0.2) is 47.1 Å². The minimum absolute atomic E-state index is 0.198. The third-order valence-corrected chi connectivity index (χ3v) is 3.96. The zero-order chi connectivity index (χ0) is 16.7. The van der Waals surface area contributed by atoms with Crippen LogP contribution in [0.5, 0.6) is 0 Å². The van der Waals surface area contributed by atoms with Crippen LogP contribution in [0.1, 0.15) is 37.2 Å². The fraction of sp³-hybridized carbons (Fsp3) is 0.333. The molecule has 0 aliphatic rings. The van der Waals surface area contributed by atoms with Crippen molar-refractivity contribution in [3.05, 3.63) is 52.8 Å². The number of aromatic nitrogens is 1. The number of amides is 1. The van der Waals surface area contributed by atoms with Crippen molar-refractivity contribution in [2.24, 2.45) is 0 Å². The molecule has 5 heteroatoms. The van der Waals surface area contributed by atoms with E-state index < -0.39 is 0 Å². The highest BCUT2D eigenvalue weighted by atomic mass is 79.9. The molecular formula is C18H22BrN3O. The molecule has 4 nitrogen and oxygen atoms in total. The quantitative estimate of drug-likeness (QED) is 0.760. The average Bonchev–Trinajstić information content (AvgIpc) is 2.57. The third kappa shape index (κ3) is 5.06. The molecule has 0 bridgehead atoms. The number of hydrogen-bond acceptors (Lipinski definition) is 3. The van der Waals surface area contributed by atoms with Crippen molar-refractivity contribution in [1.29, 1.82) is 0 Å². The van der Waals surface area contributed by atoms with Crippen LogP contribution >= 0.6 is 15.9 Å². The van der Waals surface area contributed by atoms with Crippen LogP contribution in [0.2, 0.25) is 0 Å². The lowest BCUT2D eigenvalue weighted by molar-refractivity contribution is 0.102. The van der Waals surface area contributed by atoms with Crippen molar-refractivity contribution >= 4 is 33.2 Å². The molecule has 1 aromatic heterocycles. The highest BCUT2D eigenvalue weighted by Crippen LogP contribution is 2.17. The van der Waals surface area contributed by atoms with Gasteiger partial charge in [-0.25, -0.2) is 4.98 Å². The van der Waals surface area contributed by atoms with Gasteiger partial charge in [-0.1, -0.05) is 29.8 Å². The second-order valence-corrected chi connectivity index (χ2v) is 6.27. The second kappa shape index (κ2) is 8.67. The number of pyridine rings is 1. The van der Waals surface area contributed by atoms with E-state index in [0.29, 0.717) is 5.69 Å². The number of benzene rings is 1. The summed E-state index contributed by atoms with van der Waals surface area (Å²) in [5.74, 6) is -0.198. The van der Waals surface area contributed by atoms with Crippen molar-refractivity contribution in [3.8, 4) is 0 Å². The predicted octanol–water partition coefficient (Wildman–Crippen LogP) is 4.72. The Morgan fingerprint density at radius 3 is 2.26 bits per heavy atom. The maximum Gasteiger partial charge on any atom is 0.274 e. The molecule has 2 rings (SSSR count). The molecule has 2 aromatic rings. The first kappa shape index (κ1) is 17.5. The minimum atomic E-state index is -0.198. The van der Waals surface area contributed by atoms with Crippen molar-refractivity contribution < 1.29 is 4.79 Å². The zero-order valence-corrected chi connectivity index (χ0v) is 15.1. The number of halogens is 1. The summed E-state index contributed by atoms with van der Waals surface area (Å²) >= 11 is 3.37. The van der Waals surface area contributed by atoms with E-state index >= 15 is 0 Å². The van der Waals surface area contributed by atoms with E-state index in [-0.39, 0.29) is 5.91 Å². The SMILES string of the molecule is CCCN(CCC)c1ccc(C(=O)Nc2ccc(Br)cc2)nc1. The van der Waals surface area contributed by atoms with Crippen LogP contribution in [-0.4, -0.2) is 24.0 Å². The van der Waals surface area contributed by atoms with Crippen molar-refractivity contribution in [3.63, 3.8) is 0 Å². The van der Waals surface area contributed by atoms with Gasteiger partial charge in [0.1, 0.15) is 5.69 Å². The van der Waals surface area contributed by atoms with Crippen LogP contribution in [-0.2, 0) is 0 Å². The van der Waals surface area contributed by atoms with E-state index in [2.05, 4.69) is 45.0 Å². The molecular weight excluding hydrogens is 354 g/mol. The summed E-state index contributed by atoms with van der Waals surface area (Å²) in [6.45, 7) is 6.33. The first-order valence-electron chi connectivity index (χ1n) is 7.92. The Hall–Kier alpha value is -1.88. The predicted molar refractivity (Wildman–Crippen MR) is 99.1 cm³/mol. The van der Waals surface area contributed by atoms with Crippen molar-refractivity contribution in [2.45, 2.75) is 26.7 Å². The molecule has 0 saturated heterocycles. The summed E-state index contributed by atoms with van der Waals surface area (Å²) in [6.07, 6.45) is 3.96. The number of carbonyl (C=O) groups excluding carboxylic acids is 1. The van der Waals surface area contributed by atoms with Gasteiger partial charge in [-0.2, -0.15) is 0 Å². The Labute approximate surface area is 146 Å². The molecule has 0 fully saturated rings. The van der Waals surface area contributed by atoms with Gasteiger partial charge < -0.3 is 10.2 Å². The highest BCUT2D eigenvalue weighted by Gasteiger charge is 2.10. The van der Waals surface area contributed by atoms with E-state index in [0.717, 1.165) is 41.8 Å². The molecule has 1 aromatic carbocycles. The normalized spacial score (nSPS) is 10.4. The minimum Gasteiger partial charge on any atom is -0.370 e. The highest BCUT2D eigenvalue weighted by molar-refractivity contribution is 9.10. The molecule has 1 amide bonds. The Bertz CT molecular complexity index is 620. The van der Waals surface area contributed by atoms with Crippen molar-refractivity contribution in [2.75, 3.05) is 23.3 Å². The fourth-order valence-corrected chi connectivity index (χ4v) is 2.61. The van der Waals surface area contributed by atoms with E-state index in [1.54, 1.807) is 12.3 Å². The van der Waals surface area contributed by atoms with Gasteiger partial charge in [0, 0.05) is 23.2 Å². The van der Waals surface area contributed by atoms with Gasteiger partial charge in [0.15, 0.2) is 0 Å². The summed E-state index contributed by atoms with van der Waals surface area (Å²) in [4.78, 5) is 18.8. The third-order valence-electron chi connectivity index (χ3n) is 3.43. The zero-order valence-electron chi connectivity index (χ0n) is 13.6. The molecule has 0 saturated carbocycles. The molecule has 0 spiro atoms. The maximum atomic E-state index is 12.2. The number of rotatable bonds is 7. The van der Waals surface area contributed by atoms with E-state index in [1.165, 1.54) is 0 Å². The van der Waals surface area contributed by atoms with E-state index in [4.69, 9.17) is 0 Å². The Kier molecular flexibility index (Phi) is 6.59. The Balaban J connectivity index is 2.05. The Morgan fingerprint density at radius 2 is 1.74 bits per heavy atom. The average molecular weight is 376 g/mol. The van der Waals surface area contributed by atoms with Crippen molar-refractivity contribution in [1.82, 2.24) is 4.98 Å². The van der Waals surface area contributed by atoms with Gasteiger partial charge in [-0.3, -0.25) is 4.79 Å². The second-order valence-electron chi connectivity index (χ2n) is 5.35. The van der Waals surface area contributed by atoms with Crippen LogP contribution < -0.4 is 10.2 Å². The summed E-state index contributed by atoms with van der Waals surface area (Å²) < 4.78 is 0.977. The number of hydrogen-bond donors (Lipinski definition) is 1. The molecule has 0 unspecified atom stereocenters. The Morgan fingerprint density at radius 1 is 1.09 bits per heavy atom. The number of carbonyl (C=O) groups is 1. The molecule has 0 aliphatic heterocycles. The smallest absolute Gasteiger partial charge is 0.274 e. The molecule has 1 heterocycles. The first-order valence-corrected chi connectivity index (χ1v) is 8.71. The molecule has 0 atom stereocenters. The molecule has 23 heavy (non-hydrogen) atoms. The standard InChI is InChI=1S/C18H22BrN3O/c1-3-11-22(12-4-2)16-9-10-17(20-13-16)18(23)21-15-7-5-14(19)6-8-15/h5-10,13H,3-4,11-12H2,1-2H3,(H,21,23). The van der Waals surface area contributed by atoms with Gasteiger partial charge in [0.2, 0.25) is 0 Å². The van der Waals surface area contributed by atoms with E-state index in [9.17, 15) is 4.79 Å². The summed E-state index contributed by atoms with van der Waals surface area (Å²) in [5, 5.41) is 2.85. The van der Waals surface area contributed by atoms with Crippen LogP contribution in [0.4, 0.5) is 11.4 Å². The van der Waals surface area contributed by atoms with Gasteiger partial charge in [-0.05, 0) is 49.2 Å². The van der Waals surface area contributed by atoms with Crippen LogP contribution in [0, 0.1) is 0 Å². The maximum absolute atomic E-state index is 12.2.